The Kier molecular flexibility index (Phi) is 3.97. The van der Waals surface area contributed by atoms with Crippen LogP contribution >= 0.6 is 0 Å². The SMILES string of the molecule is CCC1=Nc2ccccc2CC(c2ccc(F)cc2C)N1C. The molecular weight excluding hydrogens is 275 g/mol. The number of fused-ring (bicyclic) bond motifs is 1. The zero-order chi connectivity index (χ0) is 15.7. The number of likely N-dealkylation sites (N-methyl/N-ethyl adjacent to an activating group) is 1. The van der Waals surface area contributed by atoms with E-state index >= 15 is 0 Å². The number of benzene rings is 2. The molecule has 1 aliphatic rings. The minimum atomic E-state index is -0.178. The summed E-state index contributed by atoms with van der Waals surface area (Å²) in [6, 6.07) is 13.5. The van der Waals surface area contributed by atoms with Gasteiger partial charge in [-0.15, -0.1) is 0 Å². The summed E-state index contributed by atoms with van der Waals surface area (Å²) < 4.78 is 13.4. The zero-order valence-electron chi connectivity index (χ0n) is 13.3. The largest absolute Gasteiger partial charge is 0.356 e. The molecule has 1 heterocycles. The predicted molar refractivity (Wildman–Crippen MR) is 89.2 cm³/mol. The van der Waals surface area contributed by atoms with E-state index in [0.717, 1.165) is 29.9 Å². The quantitative estimate of drug-likeness (QED) is 0.777. The van der Waals surface area contributed by atoms with Crippen LogP contribution in [0.3, 0.4) is 0 Å². The number of hydrogen-bond acceptors (Lipinski definition) is 2. The predicted octanol–water partition coefficient (Wildman–Crippen LogP) is 4.80. The molecule has 0 spiro atoms. The average Bonchev–Trinajstić information content (AvgIpc) is 2.64. The molecule has 0 saturated carbocycles. The van der Waals surface area contributed by atoms with Crippen LogP contribution in [0.4, 0.5) is 10.1 Å². The zero-order valence-corrected chi connectivity index (χ0v) is 13.3. The smallest absolute Gasteiger partial charge is 0.123 e. The van der Waals surface area contributed by atoms with Gasteiger partial charge < -0.3 is 4.90 Å². The Balaban J connectivity index is 2.10. The normalized spacial score (nSPS) is 17.7. The van der Waals surface area contributed by atoms with Crippen LogP contribution in [0, 0.1) is 12.7 Å². The van der Waals surface area contributed by atoms with Crippen molar-refractivity contribution in [1.29, 1.82) is 0 Å². The monoisotopic (exact) mass is 296 g/mol. The summed E-state index contributed by atoms with van der Waals surface area (Å²) in [5, 5.41) is 0. The summed E-state index contributed by atoms with van der Waals surface area (Å²) in [5.74, 6) is 0.890. The number of nitrogens with zero attached hydrogens (tertiary/aromatic N) is 2. The molecule has 3 rings (SSSR count). The lowest BCUT2D eigenvalue weighted by molar-refractivity contribution is 0.368. The van der Waals surface area contributed by atoms with Crippen LogP contribution in [0.25, 0.3) is 0 Å². The highest BCUT2D eigenvalue weighted by molar-refractivity contribution is 5.86. The Morgan fingerprint density at radius 1 is 1.23 bits per heavy atom. The molecule has 0 bridgehead atoms. The van der Waals surface area contributed by atoms with Gasteiger partial charge in [0.1, 0.15) is 11.7 Å². The second-order valence-corrected chi connectivity index (χ2v) is 5.84. The molecule has 0 saturated heterocycles. The van der Waals surface area contributed by atoms with Crippen molar-refractivity contribution < 1.29 is 4.39 Å². The fraction of sp³-hybridized carbons (Fsp3) is 0.316. The molecule has 22 heavy (non-hydrogen) atoms. The molecule has 2 nitrogen and oxygen atoms in total. The summed E-state index contributed by atoms with van der Waals surface area (Å²) in [6.07, 6.45) is 1.76. The second-order valence-electron chi connectivity index (χ2n) is 5.84. The van der Waals surface area contributed by atoms with Gasteiger partial charge in [-0.05, 0) is 48.2 Å². The van der Waals surface area contributed by atoms with Crippen LogP contribution in [0.2, 0.25) is 0 Å². The van der Waals surface area contributed by atoms with Crippen molar-refractivity contribution in [1.82, 2.24) is 4.90 Å². The molecule has 1 unspecified atom stereocenters. The van der Waals surface area contributed by atoms with E-state index < -0.39 is 0 Å². The Morgan fingerprint density at radius 2 is 2.00 bits per heavy atom. The third-order valence-electron chi connectivity index (χ3n) is 4.44. The minimum Gasteiger partial charge on any atom is -0.356 e. The Hall–Kier alpha value is -2.16. The molecule has 0 fully saturated rings. The van der Waals surface area contributed by atoms with Gasteiger partial charge in [-0.3, -0.25) is 0 Å². The van der Waals surface area contributed by atoms with Crippen molar-refractivity contribution in [2.24, 2.45) is 4.99 Å². The maximum Gasteiger partial charge on any atom is 0.123 e. The first kappa shape index (κ1) is 14.8. The number of para-hydroxylation sites is 1. The maximum absolute atomic E-state index is 13.4. The number of aliphatic imine (C=N–C) groups is 1. The standard InChI is InChI=1S/C19H21FN2/c1-4-19-21-17-8-6-5-7-14(17)12-18(22(19)3)16-10-9-15(20)11-13(16)2/h5-11,18H,4,12H2,1-3H3. The second kappa shape index (κ2) is 5.91. The van der Waals surface area contributed by atoms with Gasteiger partial charge in [-0.25, -0.2) is 9.38 Å². The van der Waals surface area contributed by atoms with Crippen LogP contribution < -0.4 is 0 Å². The molecule has 2 aromatic rings. The molecule has 2 aromatic carbocycles. The van der Waals surface area contributed by atoms with Gasteiger partial charge >= 0.3 is 0 Å². The van der Waals surface area contributed by atoms with Crippen molar-refractivity contribution in [2.45, 2.75) is 32.7 Å². The van der Waals surface area contributed by atoms with Crippen LogP contribution in [-0.4, -0.2) is 17.8 Å². The van der Waals surface area contributed by atoms with E-state index in [1.165, 1.54) is 11.1 Å². The summed E-state index contributed by atoms with van der Waals surface area (Å²) in [5.41, 5.74) is 4.45. The van der Waals surface area contributed by atoms with Crippen molar-refractivity contribution in [2.75, 3.05) is 7.05 Å². The lowest BCUT2D eigenvalue weighted by Gasteiger charge is -2.30. The Labute approximate surface area is 131 Å². The van der Waals surface area contributed by atoms with Crippen LogP contribution in [0.1, 0.15) is 36.1 Å². The van der Waals surface area contributed by atoms with Crippen molar-refractivity contribution in [3.8, 4) is 0 Å². The molecule has 1 aliphatic heterocycles. The number of amidine groups is 1. The first-order valence-corrected chi connectivity index (χ1v) is 7.74. The third-order valence-corrected chi connectivity index (χ3v) is 4.44. The highest BCUT2D eigenvalue weighted by Crippen LogP contribution is 2.34. The lowest BCUT2D eigenvalue weighted by atomic mass is 9.94. The van der Waals surface area contributed by atoms with Crippen molar-refractivity contribution in [3.63, 3.8) is 0 Å². The average molecular weight is 296 g/mol. The molecule has 0 amide bonds. The molecule has 114 valence electrons. The molecule has 0 N–H and O–H groups in total. The Bertz CT molecular complexity index is 721. The van der Waals surface area contributed by atoms with Gasteiger partial charge in [0.25, 0.3) is 0 Å². The van der Waals surface area contributed by atoms with Gasteiger partial charge in [0, 0.05) is 13.5 Å². The van der Waals surface area contributed by atoms with Crippen molar-refractivity contribution in [3.05, 3.63) is 65.0 Å². The lowest BCUT2D eigenvalue weighted by Crippen LogP contribution is -2.31. The van der Waals surface area contributed by atoms with E-state index in [9.17, 15) is 4.39 Å². The molecule has 1 atom stereocenters. The van der Waals surface area contributed by atoms with Gasteiger partial charge in [-0.2, -0.15) is 0 Å². The fourth-order valence-corrected chi connectivity index (χ4v) is 3.20. The summed E-state index contributed by atoms with van der Waals surface area (Å²) in [7, 11) is 2.08. The molecule has 3 heteroatoms. The highest BCUT2D eigenvalue weighted by Gasteiger charge is 2.25. The first-order valence-electron chi connectivity index (χ1n) is 7.74. The maximum atomic E-state index is 13.4. The highest BCUT2D eigenvalue weighted by atomic mass is 19.1. The Morgan fingerprint density at radius 3 is 2.73 bits per heavy atom. The van der Waals surface area contributed by atoms with E-state index in [4.69, 9.17) is 4.99 Å². The van der Waals surface area contributed by atoms with Gasteiger partial charge in [0.05, 0.1) is 11.7 Å². The van der Waals surface area contributed by atoms with Crippen LogP contribution in [0.15, 0.2) is 47.5 Å². The fourth-order valence-electron chi connectivity index (χ4n) is 3.20. The summed E-state index contributed by atoms with van der Waals surface area (Å²) in [6.45, 7) is 4.10. The van der Waals surface area contributed by atoms with E-state index in [2.05, 4.69) is 37.1 Å². The topological polar surface area (TPSA) is 15.6 Å². The van der Waals surface area contributed by atoms with E-state index in [0.29, 0.717) is 0 Å². The summed E-state index contributed by atoms with van der Waals surface area (Å²) >= 11 is 0. The number of halogens is 1. The van der Waals surface area contributed by atoms with Gasteiger partial charge in [0.15, 0.2) is 0 Å². The molecule has 0 radical (unpaired) electrons. The number of hydrogen-bond donors (Lipinski definition) is 0. The van der Waals surface area contributed by atoms with Crippen LogP contribution in [0.5, 0.6) is 0 Å². The van der Waals surface area contributed by atoms with Crippen LogP contribution in [-0.2, 0) is 6.42 Å². The van der Waals surface area contributed by atoms with E-state index in [-0.39, 0.29) is 11.9 Å². The first-order chi connectivity index (χ1) is 10.6. The molecule has 0 aromatic heterocycles. The van der Waals surface area contributed by atoms with E-state index in [1.54, 1.807) is 12.1 Å². The molecule has 0 aliphatic carbocycles. The summed E-state index contributed by atoms with van der Waals surface area (Å²) in [4.78, 5) is 7.07. The van der Waals surface area contributed by atoms with E-state index in [1.807, 2.05) is 19.1 Å². The number of aryl methyl sites for hydroxylation is 1. The number of rotatable bonds is 2. The minimum absolute atomic E-state index is 0.178. The van der Waals surface area contributed by atoms with Gasteiger partial charge in [-0.1, -0.05) is 31.2 Å². The third kappa shape index (κ3) is 2.63. The van der Waals surface area contributed by atoms with Crippen molar-refractivity contribution >= 4 is 11.5 Å². The molecular formula is C19H21FN2. The van der Waals surface area contributed by atoms with Gasteiger partial charge in [0.2, 0.25) is 0 Å².